The molecule has 0 fully saturated rings. The molecular formula is C22H17ClN2O5. The topological polar surface area (TPSA) is 98.5 Å². The highest BCUT2D eigenvalue weighted by atomic mass is 35.5. The van der Waals surface area contributed by atoms with E-state index in [1.807, 2.05) is 0 Å². The van der Waals surface area contributed by atoms with Gasteiger partial charge in [-0.2, -0.15) is 0 Å². The molecule has 0 amide bonds. The lowest BCUT2D eigenvalue weighted by Crippen LogP contribution is -2.08. The lowest BCUT2D eigenvalue weighted by Gasteiger charge is -2.11. The predicted molar refractivity (Wildman–Crippen MR) is 114 cm³/mol. The number of para-hydroxylation sites is 2. The summed E-state index contributed by atoms with van der Waals surface area (Å²) in [6.45, 7) is 1.76. The van der Waals surface area contributed by atoms with E-state index in [2.05, 4.69) is 5.32 Å². The Kier molecular flexibility index (Phi) is 6.13. The number of methoxy groups -OCH3 is 1. The maximum Gasteiger partial charge on any atom is 0.337 e. The van der Waals surface area contributed by atoms with Gasteiger partial charge in [0, 0.05) is 22.9 Å². The number of nitro benzene ring substituents is 1. The Labute approximate surface area is 177 Å². The third-order valence-electron chi connectivity index (χ3n) is 4.50. The number of nitro groups is 1. The number of carbonyl (C=O) groups is 2. The van der Waals surface area contributed by atoms with Gasteiger partial charge < -0.3 is 10.1 Å². The SMILES string of the molecule is COC(=O)c1ccc(C)c(C(=O)c2ccc(Nc3ccccc3[N+](=O)[O-])cc2Cl)c1. The number of nitrogens with zero attached hydrogens (tertiary/aromatic N) is 1. The molecule has 0 aromatic heterocycles. The quantitative estimate of drug-likeness (QED) is 0.249. The van der Waals surface area contributed by atoms with Crippen molar-refractivity contribution in [3.05, 3.63) is 98.1 Å². The van der Waals surface area contributed by atoms with Crippen LogP contribution in [0.15, 0.2) is 60.7 Å². The molecule has 0 saturated heterocycles. The highest BCUT2D eigenvalue weighted by Gasteiger charge is 2.19. The van der Waals surface area contributed by atoms with Gasteiger partial charge in [-0.3, -0.25) is 14.9 Å². The summed E-state index contributed by atoms with van der Waals surface area (Å²) in [5, 5.41) is 14.3. The number of ether oxygens (including phenoxy) is 1. The predicted octanol–water partition coefficient (Wildman–Crippen LogP) is 5.32. The largest absolute Gasteiger partial charge is 0.465 e. The lowest BCUT2D eigenvalue weighted by atomic mass is 9.96. The fraction of sp³-hybridized carbons (Fsp3) is 0.0909. The van der Waals surface area contributed by atoms with Crippen molar-refractivity contribution in [2.75, 3.05) is 12.4 Å². The van der Waals surface area contributed by atoms with Gasteiger partial charge in [-0.1, -0.05) is 29.8 Å². The van der Waals surface area contributed by atoms with Crippen molar-refractivity contribution < 1.29 is 19.2 Å². The molecule has 0 unspecified atom stereocenters. The van der Waals surface area contributed by atoms with E-state index in [1.165, 1.54) is 31.4 Å². The molecule has 0 aliphatic heterocycles. The van der Waals surface area contributed by atoms with Gasteiger partial charge in [0.1, 0.15) is 5.69 Å². The number of esters is 1. The van der Waals surface area contributed by atoms with E-state index in [-0.39, 0.29) is 27.6 Å². The Morgan fingerprint density at radius 2 is 1.77 bits per heavy atom. The monoisotopic (exact) mass is 424 g/mol. The van der Waals surface area contributed by atoms with E-state index < -0.39 is 10.9 Å². The number of hydrogen-bond donors (Lipinski definition) is 1. The first-order chi connectivity index (χ1) is 14.3. The summed E-state index contributed by atoms with van der Waals surface area (Å²) in [6, 6.07) is 15.6. The number of nitrogens with one attached hydrogen (secondary N) is 1. The molecule has 0 atom stereocenters. The van der Waals surface area contributed by atoms with Crippen molar-refractivity contribution in [1.29, 1.82) is 0 Å². The molecule has 152 valence electrons. The number of aryl methyl sites for hydroxylation is 1. The minimum Gasteiger partial charge on any atom is -0.465 e. The lowest BCUT2D eigenvalue weighted by molar-refractivity contribution is -0.383. The Morgan fingerprint density at radius 1 is 1.03 bits per heavy atom. The number of rotatable bonds is 6. The highest BCUT2D eigenvalue weighted by Crippen LogP contribution is 2.30. The molecule has 3 aromatic rings. The number of carbonyl (C=O) groups excluding carboxylic acids is 2. The fourth-order valence-corrected chi connectivity index (χ4v) is 3.19. The average Bonchev–Trinajstić information content (AvgIpc) is 2.73. The van der Waals surface area contributed by atoms with Crippen LogP contribution in [0.5, 0.6) is 0 Å². The zero-order valence-corrected chi connectivity index (χ0v) is 16.9. The summed E-state index contributed by atoms with van der Waals surface area (Å²) in [6.07, 6.45) is 0. The maximum absolute atomic E-state index is 13.0. The highest BCUT2D eigenvalue weighted by molar-refractivity contribution is 6.35. The molecule has 3 rings (SSSR count). The van der Waals surface area contributed by atoms with Crippen molar-refractivity contribution in [3.8, 4) is 0 Å². The molecule has 0 aliphatic rings. The molecule has 30 heavy (non-hydrogen) atoms. The summed E-state index contributed by atoms with van der Waals surface area (Å²) in [5.41, 5.74) is 2.24. The molecule has 0 radical (unpaired) electrons. The van der Waals surface area contributed by atoms with Gasteiger partial charge >= 0.3 is 5.97 Å². The summed E-state index contributed by atoms with van der Waals surface area (Å²) in [5.74, 6) is -0.889. The molecular weight excluding hydrogens is 408 g/mol. The number of hydrogen-bond acceptors (Lipinski definition) is 6. The summed E-state index contributed by atoms with van der Waals surface area (Å²) >= 11 is 6.34. The smallest absolute Gasteiger partial charge is 0.337 e. The van der Waals surface area contributed by atoms with Gasteiger partial charge in [-0.05, 0) is 48.9 Å². The summed E-state index contributed by atoms with van der Waals surface area (Å²) < 4.78 is 4.71. The third kappa shape index (κ3) is 4.31. The molecule has 0 bridgehead atoms. The van der Waals surface area contributed by atoms with Crippen molar-refractivity contribution >= 4 is 40.4 Å². The van der Waals surface area contributed by atoms with E-state index >= 15 is 0 Å². The van der Waals surface area contributed by atoms with Crippen LogP contribution in [0.3, 0.4) is 0 Å². The number of anilines is 2. The first-order valence-electron chi connectivity index (χ1n) is 8.85. The van der Waals surface area contributed by atoms with E-state index in [0.717, 1.165) is 0 Å². The first-order valence-corrected chi connectivity index (χ1v) is 9.23. The maximum atomic E-state index is 13.0. The Balaban J connectivity index is 1.92. The molecule has 1 N–H and O–H groups in total. The van der Waals surface area contributed by atoms with E-state index in [1.54, 1.807) is 43.3 Å². The van der Waals surface area contributed by atoms with Gasteiger partial charge in [0.05, 0.1) is 22.6 Å². The van der Waals surface area contributed by atoms with Crippen LogP contribution in [0.4, 0.5) is 17.1 Å². The standard InChI is InChI=1S/C22H17ClN2O5/c1-13-7-8-14(22(27)30-2)11-17(13)21(26)16-10-9-15(12-18(16)23)24-19-5-3-4-6-20(19)25(28)29/h3-12,24H,1-2H3. The van der Waals surface area contributed by atoms with Crippen LogP contribution < -0.4 is 5.32 Å². The van der Waals surface area contributed by atoms with Crippen molar-refractivity contribution in [1.82, 2.24) is 0 Å². The summed E-state index contributed by atoms with van der Waals surface area (Å²) in [7, 11) is 1.27. The Hall–Kier alpha value is -3.71. The fourth-order valence-electron chi connectivity index (χ4n) is 2.93. The normalized spacial score (nSPS) is 10.4. The Morgan fingerprint density at radius 3 is 2.43 bits per heavy atom. The molecule has 8 heteroatoms. The number of ketones is 1. The van der Waals surface area contributed by atoms with Crippen molar-refractivity contribution in [2.24, 2.45) is 0 Å². The average molecular weight is 425 g/mol. The number of benzene rings is 3. The molecule has 0 saturated carbocycles. The zero-order chi connectivity index (χ0) is 21.8. The minimum absolute atomic E-state index is 0.0796. The van der Waals surface area contributed by atoms with Crippen LogP contribution in [0, 0.1) is 17.0 Å². The second-order valence-corrected chi connectivity index (χ2v) is 6.85. The molecule has 7 nitrogen and oxygen atoms in total. The molecule has 0 heterocycles. The van der Waals surface area contributed by atoms with Crippen LogP contribution in [-0.4, -0.2) is 23.8 Å². The minimum atomic E-state index is -0.542. The van der Waals surface area contributed by atoms with Crippen LogP contribution in [-0.2, 0) is 4.74 Å². The van der Waals surface area contributed by atoms with Gasteiger partial charge in [0.25, 0.3) is 5.69 Å². The Bertz CT molecular complexity index is 1160. The van der Waals surface area contributed by atoms with Crippen LogP contribution in [0.1, 0.15) is 31.8 Å². The second-order valence-electron chi connectivity index (χ2n) is 6.44. The van der Waals surface area contributed by atoms with E-state index in [4.69, 9.17) is 16.3 Å². The van der Waals surface area contributed by atoms with Gasteiger partial charge in [-0.15, -0.1) is 0 Å². The second kappa shape index (κ2) is 8.75. The van der Waals surface area contributed by atoms with E-state index in [0.29, 0.717) is 22.5 Å². The molecule has 3 aromatic carbocycles. The number of halogens is 1. The van der Waals surface area contributed by atoms with Crippen molar-refractivity contribution in [2.45, 2.75) is 6.92 Å². The molecule has 0 aliphatic carbocycles. The first kappa shape index (κ1) is 21.0. The third-order valence-corrected chi connectivity index (χ3v) is 4.81. The molecule has 0 spiro atoms. The van der Waals surface area contributed by atoms with Crippen LogP contribution in [0.25, 0.3) is 0 Å². The van der Waals surface area contributed by atoms with Gasteiger partial charge in [-0.25, -0.2) is 4.79 Å². The van der Waals surface area contributed by atoms with Gasteiger partial charge in [0.2, 0.25) is 0 Å². The van der Waals surface area contributed by atoms with E-state index in [9.17, 15) is 19.7 Å². The zero-order valence-electron chi connectivity index (χ0n) is 16.1. The van der Waals surface area contributed by atoms with Gasteiger partial charge in [0.15, 0.2) is 5.78 Å². The van der Waals surface area contributed by atoms with Crippen LogP contribution >= 0.6 is 11.6 Å². The van der Waals surface area contributed by atoms with Crippen molar-refractivity contribution in [3.63, 3.8) is 0 Å². The van der Waals surface area contributed by atoms with Crippen LogP contribution in [0.2, 0.25) is 5.02 Å². The summed E-state index contributed by atoms with van der Waals surface area (Å²) in [4.78, 5) is 35.5.